The molecule has 0 aliphatic heterocycles. The normalized spacial score (nSPS) is 13.2. The van der Waals surface area contributed by atoms with Gasteiger partial charge in [0.15, 0.2) is 0 Å². The van der Waals surface area contributed by atoms with E-state index in [1.165, 1.54) is 0 Å². The Morgan fingerprint density at radius 2 is 1.84 bits per heavy atom. The molecule has 0 fully saturated rings. The van der Waals surface area contributed by atoms with Crippen molar-refractivity contribution in [1.29, 1.82) is 0 Å². The SMILES string of the molecule is CCOC(=O)C(CSSC(C)(C)C)NC(=O)C(C)C. The molecule has 1 amide bonds. The highest BCUT2D eigenvalue weighted by Crippen LogP contribution is 2.35. The zero-order valence-electron chi connectivity index (χ0n) is 12.6. The second-order valence-corrected chi connectivity index (χ2v) is 8.62. The van der Waals surface area contributed by atoms with Crippen LogP contribution in [0.5, 0.6) is 0 Å². The van der Waals surface area contributed by atoms with E-state index in [9.17, 15) is 9.59 Å². The number of amides is 1. The molecule has 112 valence electrons. The molecule has 4 nitrogen and oxygen atoms in total. The average molecular weight is 307 g/mol. The highest BCUT2D eigenvalue weighted by atomic mass is 33.1. The second-order valence-electron chi connectivity index (χ2n) is 5.45. The first-order valence-electron chi connectivity index (χ1n) is 6.45. The van der Waals surface area contributed by atoms with Crippen molar-refractivity contribution in [3.8, 4) is 0 Å². The molecular formula is C13H25NO3S2. The second kappa shape index (κ2) is 8.74. The maximum atomic E-state index is 11.8. The Kier molecular flexibility index (Phi) is 8.57. The van der Waals surface area contributed by atoms with Crippen LogP contribution >= 0.6 is 21.6 Å². The molecule has 0 rings (SSSR count). The van der Waals surface area contributed by atoms with Crippen LogP contribution in [0, 0.1) is 5.92 Å². The molecule has 1 unspecified atom stereocenters. The van der Waals surface area contributed by atoms with Crippen LogP contribution in [-0.4, -0.2) is 35.0 Å². The molecule has 0 radical (unpaired) electrons. The lowest BCUT2D eigenvalue weighted by Crippen LogP contribution is -2.45. The fourth-order valence-electron chi connectivity index (χ4n) is 1.03. The van der Waals surface area contributed by atoms with Crippen LogP contribution in [0.4, 0.5) is 0 Å². The van der Waals surface area contributed by atoms with Gasteiger partial charge in [0.25, 0.3) is 0 Å². The predicted octanol–water partition coefficient (Wildman–Crippen LogP) is 2.87. The van der Waals surface area contributed by atoms with Gasteiger partial charge in [-0.1, -0.05) is 56.2 Å². The first kappa shape index (κ1) is 18.6. The zero-order valence-corrected chi connectivity index (χ0v) is 14.2. The smallest absolute Gasteiger partial charge is 0.329 e. The fourth-order valence-corrected chi connectivity index (χ4v) is 3.48. The van der Waals surface area contributed by atoms with Gasteiger partial charge in [0.05, 0.1) is 6.61 Å². The summed E-state index contributed by atoms with van der Waals surface area (Å²) in [5.41, 5.74) is 0. The number of ether oxygens (including phenoxy) is 1. The lowest BCUT2D eigenvalue weighted by Gasteiger charge is -2.21. The molecule has 0 saturated carbocycles. The molecule has 0 heterocycles. The first-order valence-corrected chi connectivity index (χ1v) is 8.77. The van der Waals surface area contributed by atoms with Crippen molar-refractivity contribution in [2.24, 2.45) is 5.92 Å². The van der Waals surface area contributed by atoms with Gasteiger partial charge < -0.3 is 10.1 Å². The lowest BCUT2D eigenvalue weighted by molar-refractivity contribution is -0.147. The maximum absolute atomic E-state index is 11.8. The van der Waals surface area contributed by atoms with E-state index in [1.54, 1.807) is 42.4 Å². The van der Waals surface area contributed by atoms with Crippen LogP contribution < -0.4 is 5.32 Å². The summed E-state index contributed by atoms with van der Waals surface area (Å²) in [5.74, 6) is -0.116. The Hall–Kier alpha value is -0.360. The van der Waals surface area contributed by atoms with Gasteiger partial charge in [0.1, 0.15) is 6.04 Å². The molecule has 1 atom stereocenters. The number of carbonyl (C=O) groups is 2. The molecule has 0 aromatic rings. The largest absolute Gasteiger partial charge is 0.464 e. The van der Waals surface area contributed by atoms with Gasteiger partial charge in [-0.15, -0.1) is 0 Å². The van der Waals surface area contributed by atoms with Gasteiger partial charge in [-0.2, -0.15) is 0 Å². The first-order chi connectivity index (χ1) is 8.67. The minimum atomic E-state index is -0.574. The van der Waals surface area contributed by atoms with E-state index in [0.29, 0.717) is 12.4 Å². The van der Waals surface area contributed by atoms with Crippen LogP contribution in [0.1, 0.15) is 41.5 Å². The number of rotatable bonds is 7. The van der Waals surface area contributed by atoms with E-state index in [0.717, 1.165) is 0 Å². The highest BCUT2D eigenvalue weighted by Gasteiger charge is 2.24. The third kappa shape index (κ3) is 9.21. The van der Waals surface area contributed by atoms with Crippen molar-refractivity contribution in [3.05, 3.63) is 0 Å². The number of carbonyl (C=O) groups excluding carboxylic acids is 2. The molecule has 0 aromatic carbocycles. The molecular weight excluding hydrogens is 282 g/mol. The summed E-state index contributed by atoms with van der Waals surface area (Å²) in [5, 5.41) is 2.74. The van der Waals surface area contributed by atoms with Gasteiger partial charge in [-0.05, 0) is 6.92 Å². The van der Waals surface area contributed by atoms with E-state index in [1.807, 2.05) is 0 Å². The Balaban J connectivity index is 4.42. The molecule has 0 bridgehead atoms. The lowest BCUT2D eigenvalue weighted by atomic mass is 10.2. The van der Waals surface area contributed by atoms with Crippen LogP contribution in [-0.2, 0) is 14.3 Å². The Morgan fingerprint density at radius 1 is 1.26 bits per heavy atom. The minimum Gasteiger partial charge on any atom is -0.464 e. The summed E-state index contributed by atoms with van der Waals surface area (Å²) in [4.78, 5) is 23.5. The quantitative estimate of drug-likeness (QED) is 0.579. The van der Waals surface area contributed by atoms with E-state index >= 15 is 0 Å². The van der Waals surface area contributed by atoms with Crippen molar-refractivity contribution in [3.63, 3.8) is 0 Å². The van der Waals surface area contributed by atoms with E-state index < -0.39 is 6.04 Å². The molecule has 0 aliphatic carbocycles. The zero-order chi connectivity index (χ0) is 15.1. The Bertz CT molecular complexity index is 301. The Morgan fingerprint density at radius 3 is 2.26 bits per heavy atom. The summed E-state index contributed by atoms with van der Waals surface area (Å²) < 4.78 is 5.11. The van der Waals surface area contributed by atoms with E-state index in [4.69, 9.17) is 4.74 Å². The Labute approximate surface area is 124 Å². The van der Waals surface area contributed by atoms with Crippen LogP contribution in [0.2, 0.25) is 0 Å². The van der Waals surface area contributed by atoms with Gasteiger partial charge in [0, 0.05) is 16.4 Å². The van der Waals surface area contributed by atoms with E-state index in [-0.39, 0.29) is 22.5 Å². The third-order valence-electron chi connectivity index (χ3n) is 1.96. The molecule has 0 spiro atoms. The molecule has 0 aromatic heterocycles. The summed E-state index contributed by atoms with van der Waals surface area (Å²) >= 11 is 0. The molecule has 1 N–H and O–H groups in total. The van der Waals surface area contributed by atoms with Crippen molar-refractivity contribution < 1.29 is 14.3 Å². The summed E-state index contributed by atoms with van der Waals surface area (Å²) in [6.07, 6.45) is 0. The van der Waals surface area contributed by atoms with Crippen molar-refractivity contribution in [1.82, 2.24) is 5.32 Å². The molecule has 6 heteroatoms. The maximum Gasteiger partial charge on any atom is 0.329 e. The number of hydrogen-bond donors (Lipinski definition) is 1. The predicted molar refractivity (Wildman–Crippen MR) is 83.2 cm³/mol. The molecule has 0 saturated heterocycles. The highest BCUT2D eigenvalue weighted by molar-refractivity contribution is 8.77. The van der Waals surface area contributed by atoms with Crippen LogP contribution in [0.25, 0.3) is 0 Å². The topological polar surface area (TPSA) is 55.4 Å². The van der Waals surface area contributed by atoms with Gasteiger partial charge in [-0.25, -0.2) is 4.79 Å². The third-order valence-corrected chi connectivity index (χ3v) is 5.30. The van der Waals surface area contributed by atoms with Crippen molar-refractivity contribution in [2.45, 2.75) is 52.3 Å². The van der Waals surface area contributed by atoms with Gasteiger partial charge in [0.2, 0.25) is 5.91 Å². The van der Waals surface area contributed by atoms with Crippen LogP contribution in [0.15, 0.2) is 0 Å². The van der Waals surface area contributed by atoms with Crippen molar-refractivity contribution >= 4 is 33.5 Å². The molecule has 19 heavy (non-hydrogen) atoms. The number of nitrogens with one attached hydrogen (secondary N) is 1. The molecule has 0 aliphatic rings. The van der Waals surface area contributed by atoms with E-state index in [2.05, 4.69) is 26.1 Å². The number of hydrogen-bond acceptors (Lipinski definition) is 5. The summed E-state index contributed by atoms with van der Waals surface area (Å²) in [7, 11) is 3.27. The fraction of sp³-hybridized carbons (Fsp3) is 0.846. The van der Waals surface area contributed by atoms with Gasteiger partial charge >= 0.3 is 5.97 Å². The van der Waals surface area contributed by atoms with Crippen LogP contribution in [0.3, 0.4) is 0 Å². The standard InChI is InChI=1S/C13H25NO3S2/c1-7-17-12(16)10(14-11(15)9(2)3)8-18-19-13(4,5)6/h9-10H,7-8H2,1-6H3,(H,14,15). The van der Waals surface area contributed by atoms with Gasteiger partial charge in [-0.3, -0.25) is 4.79 Å². The monoisotopic (exact) mass is 307 g/mol. The summed E-state index contributed by atoms with van der Waals surface area (Å²) in [6, 6.07) is -0.574. The average Bonchev–Trinajstić information content (AvgIpc) is 2.25. The van der Waals surface area contributed by atoms with Crippen molar-refractivity contribution in [2.75, 3.05) is 12.4 Å². The summed E-state index contributed by atoms with van der Waals surface area (Å²) in [6.45, 7) is 12.0. The minimum absolute atomic E-state index is 0.117. The number of esters is 1.